The van der Waals surface area contributed by atoms with Crippen molar-refractivity contribution < 1.29 is 18.1 Å². The van der Waals surface area contributed by atoms with Gasteiger partial charge in [0, 0.05) is 0 Å². The minimum atomic E-state index is -3.96. The maximum atomic E-state index is 10.0. The van der Waals surface area contributed by atoms with Crippen LogP contribution in [0.5, 0.6) is 0 Å². The van der Waals surface area contributed by atoms with Crippen LogP contribution in [0, 0.1) is 0 Å². The summed E-state index contributed by atoms with van der Waals surface area (Å²) >= 11 is 0.741. The van der Waals surface area contributed by atoms with E-state index >= 15 is 0 Å². The number of hydrogen-bond acceptors (Lipinski definition) is 3. The number of aliphatic hydroxyl groups excluding tert-OH is 1. The van der Waals surface area contributed by atoms with Gasteiger partial charge in [-0.05, 0) is 0 Å². The van der Waals surface area contributed by atoms with Gasteiger partial charge in [0.2, 0.25) is 0 Å². The van der Waals surface area contributed by atoms with Crippen LogP contribution >= 0.6 is 0 Å². The molecule has 0 heterocycles. The molecule has 9 heavy (non-hydrogen) atoms. The summed E-state index contributed by atoms with van der Waals surface area (Å²) in [5.74, 6) is -0.531. The molecule has 50 valence electrons. The van der Waals surface area contributed by atoms with E-state index in [-0.39, 0.29) is 0 Å². The third-order valence-electron chi connectivity index (χ3n) is 0.874. The summed E-state index contributed by atoms with van der Waals surface area (Å²) in [5, 5.41) is 8.69. The van der Waals surface area contributed by atoms with Gasteiger partial charge >= 0.3 is 71.7 Å². The molecule has 0 fully saturated rings. The van der Waals surface area contributed by atoms with Crippen LogP contribution in [0.25, 0.3) is 0 Å². The Morgan fingerprint density at radius 3 is 2.11 bits per heavy atom. The van der Waals surface area contributed by atoms with Gasteiger partial charge in [0.25, 0.3) is 0 Å². The summed E-state index contributed by atoms with van der Waals surface area (Å²) in [6, 6.07) is 0. The predicted octanol–water partition coefficient (Wildman–Crippen LogP) is -1.18. The fourth-order valence-corrected chi connectivity index (χ4v) is 1.79. The van der Waals surface area contributed by atoms with Gasteiger partial charge < -0.3 is 0 Å². The first-order valence-electron chi connectivity index (χ1n) is 2.59. The summed E-state index contributed by atoms with van der Waals surface area (Å²) < 4.78 is 28.6. The SMILES string of the molecule is O=S(=O)(O)CC(O)[CH2][Na]. The van der Waals surface area contributed by atoms with Gasteiger partial charge in [-0.25, -0.2) is 0 Å². The molecule has 0 bridgehead atoms. The summed E-state index contributed by atoms with van der Waals surface area (Å²) in [4.78, 5) is 0. The van der Waals surface area contributed by atoms with E-state index in [4.69, 9.17) is 9.66 Å². The third-order valence-corrected chi connectivity index (χ3v) is 2.62. The van der Waals surface area contributed by atoms with Crippen molar-refractivity contribution in [2.75, 3.05) is 5.75 Å². The molecule has 2 N–H and O–H groups in total. The quantitative estimate of drug-likeness (QED) is 0.404. The average Bonchev–Trinajstić information content (AvgIpc) is 1.62. The van der Waals surface area contributed by atoms with Crippen molar-refractivity contribution in [1.29, 1.82) is 0 Å². The van der Waals surface area contributed by atoms with Crippen molar-refractivity contribution in [3.8, 4) is 0 Å². The Morgan fingerprint density at radius 2 is 2.00 bits per heavy atom. The van der Waals surface area contributed by atoms with Crippen molar-refractivity contribution in [1.82, 2.24) is 0 Å². The molecule has 0 aliphatic rings. The van der Waals surface area contributed by atoms with Crippen LogP contribution in [0.4, 0.5) is 0 Å². The second-order valence-electron chi connectivity index (χ2n) is 1.81. The molecule has 0 aliphatic carbocycles. The van der Waals surface area contributed by atoms with Crippen molar-refractivity contribution in [2.45, 2.75) is 9.77 Å². The molecule has 0 aromatic heterocycles. The van der Waals surface area contributed by atoms with Crippen LogP contribution in [0.3, 0.4) is 0 Å². The molecule has 0 rings (SSSR count). The predicted molar refractivity (Wildman–Crippen MR) is 33.0 cm³/mol. The first-order valence-corrected chi connectivity index (χ1v) is 5.61. The molecule has 4 nitrogen and oxygen atoms in total. The van der Waals surface area contributed by atoms with Crippen LogP contribution in [-0.2, 0) is 10.1 Å². The summed E-state index contributed by atoms with van der Waals surface area (Å²) in [5.41, 5.74) is 0. The van der Waals surface area contributed by atoms with Crippen molar-refractivity contribution in [3.63, 3.8) is 0 Å². The van der Waals surface area contributed by atoms with E-state index in [0.717, 1.165) is 27.9 Å². The van der Waals surface area contributed by atoms with Gasteiger partial charge in [0.05, 0.1) is 0 Å². The molecule has 0 saturated carbocycles. The molecule has 0 amide bonds. The second-order valence-corrected chi connectivity index (χ2v) is 4.12. The molecular formula is C3H7NaO4S. The number of aliphatic hydroxyl groups is 1. The molecule has 0 radical (unpaired) electrons. The molecular weight excluding hydrogens is 155 g/mol. The van der Waals surface area contributed by atoms with E-state index in [1.807, 2.05) is 0 Å². The summed E-state index contributed by atoms with van der Waals surface area (Å²) in [6.07, 6.45) is -0.883. The zero-order valence-corrected chi connectivity index (χ0v) is 7.93. The van der Waals surface area contributed by atoms with Crippen molar-refractivity contribution in [2.24, 2.45) is 0 Å². The molecule has 0 aromatic rings. The first kappa shape index (κ1) is 9.87. The fraction of sp³-hybridized carbons (Fsp3) is 1.00. The Labute approximate surface area is 71.4 Å². The molecule has 1 unspecified atom stereocenters. The Hall–Kier alpha value is 0.870. The van der Waals surface area contributed by atoms with Crippen molar-refractivity contribution >= 4 is 38.0 Å². The zero-order chi connectivity index (χ0) is 7.49. The Bertz CT molecular complexity index is 163. The van der Waals surface area contributed by atoms with Crippen LogP contribution in [0.1, 0.15) is 0 Å². The molecule has 1 atom stereocenters. The molecule has 0 aromatic carbocycles. The van der Waals surface area contributed by atoms with Gasteiger partial charge in [-0.2, -0.15) is 0 Å². The maximum absolute atomic E-state index is 10.0. The monoisotopic (exact) mass is 162 g/mol. The van der Waals surface area contributed by atoms with Crippen molar-refractivity contribution in [3.05, 3.63) is 0 Å². The van der Waals surface area contributed by atoms with E-state index in [2.05, 4.69) is 0 Å². The number of hydrogen-bond donors (Lipinski definition) is 2. The molecule has 0 aliphatic heterocycles. The van der Waals surface area contributed by atoms with E-state index in [1.165, 1.54) is 0 Å². The second kappa shape index (κ2) is 3.90. The van der Waals surface area contributed by atoms with E-state index in [9.17, 15) is 8.42 Å². The van der Waals surface area contributed by atoms with E-state index in [1.54, 1.807) is 0 Å². The fourth-order valence-electron chi connectivity index (χ4n) is 0.361. The van der Waals surface area contributed by atoms with Crippen LogP contribution in [0.15, 0.2) is 0 Å². The van der Waals surface area contributed by atoms with Gasteiger partial charge in [0.15, 0.2) is 0 Å². The molecule has 0 spiro atoms. The van der Waals surface area contributed by atoms with Gasteiger partial charge in [-0.15, -0.1) is 0 Å². The summed E-state index contributed by atoms with van der Waals surface area (Å²) in [7, 11) is -3.96. The Balaban J connectivity index is 3.75. The van der Waals surface area contributed by atoms with Gasteiger partial charge in [-0.3, -0.25) is 0 Å². The normalized spacial score (nSPS) is 15.6. The van der Waals surface area contributed by atoms with E-state index < -0.39 is 22.0 Å². The third kappa shape index (κ3) is 6.76. The zero-order valence-electron chi connectivity index (χ0n) is 5.11. The Kier molecular flexibility index (Phi) is 4.28. The van der Waals surface area contributed by atoms with Crippen LogP contribution in [-0.4, -0.2) is 57.9 Å². The topological polar surface area (TPSA) is 74.6 Å². The van der Waals surface area contributed by atoms with Crippen LogP contribution in [0.2, 0.25) is 3.67 Å². The molecule has 6 heteroatoms. The first-order chi connectivity index (χ1) is 3.95. The van der Waals surface area contributed by atoms with E-state index in [0.29, 0.717) is 3.67 Å². The van der Waals surface area contributed by atoms with Gasteiger partial charge in [-0.1, -0.05) is 0 Å². The standard InChI is InChI=1S/C3H7O4S.Na/c1-3(4)2-8(5,6)7;/h3-4H,1-2H2,(H,5,6,7);. The van der Waals surface area contributed by atoms with Crippen LogP contribution < -0.4 is 0 Å². The number of rotatable bonds is 3. The molecule has 0 saturated heterocycles. The Morgan fingerprint density at radius 1 is 1.56 bits per heavy atom. The van der Waals surface area contributed by atoms with Gasteiger partial charge in [0.1, 0.15) is 0 Å². The summed E-state index contributed by atoms with van der Waals surface area (Å²) in [6.45, 7) is 0. The average molecular weight is 162 g/mol. The minimum absolute atomic E-state index is 0.472.